The van der Waals surface area contributed by atoms with E-state index in [1.807, 2.05) is 18.3 Å². The first-order valence-corrected chi connectivity index (χ1v) is 13.2. The average molecular weight is 458 g/mol. The maximum Gasteiger partial charge on any atom is 0.211 e. The van der Waals surface area contributed by atoms with Crippen molar-refractivity contribution in [2.45, 2.75) is 50.6 Å². The van der Waals surface area contributed by atoms with E-state index in [-0.39, 0.29) is 6.04 Å². The Morgan fingerprint density at radius 1 is 1.25 bits per heavy atom. The number of H-pyrrole nitrogens is 1. The minimum Gasteiger partial charge on any atom is -0.508 e. The van der Waals surface area contributed by atoms with Crippen molar-refractivity contribution in [2.75, 3.05) is 19.3 Å². The summed E-state index contributed by atoms with van der Waals surface area (Å²) >= 11 is 0. The van der Waals surface area contributed by atoms with Crippen LogP contribution in [0, 0.1) is 5.92 Å². The fourth-order valence-electron chi connectivity index (χ4n) is 5.55. The van der Waals surface area contributed by atoms with Crippen LogP contribution >= 0.6 is 0 Å². The van der Waals surface area contributed by atoms with E-state index in [0.29, 0.717) is 36.7 Å². The van der Waals surface area contributed by atoms with Crippen molar-refractivity contribution < 1.29 is 13.5 Å². The number of aromatic hydroxyl groups is 1. The Kier molecular flexibility index (Phi) is 5.61. The van der Waals surface area contributed by atoms with Crippen molar-refractivity contribution in [3.63, 3.8) is 0 Å². The number of rotatable bonds is 5. The summed E-state index contributed by atoms with van der Waals surface area (Å²) in [6, 6.07) is 6.26. The molecule has 0 amide bonds. The maximum absolute atomic E-state index is 11.8. The SMILES string of the molecule is CCc1cc(O)ccc1C1CCC2C(C1)NNC2c1ncc(C2=CCN(S(C)(=O)=O)C2)[nH]1. The molecule has 1 aromatic carbocycles. The second-order valence-electron chi connectivity index (χ2n) is 9.25. The van der Waals surface area contributed by atoms with Gasteiger partial charge in [0.2, 0.25) is 10.0 Å². The van der Waals surface area contributed by atoms with Crippen LogP contribution in [0.5, 0.6) is 5.75 Å². The minimum absolute atomic E-state index is 0.105. The standard InChI is InChI=1S/C23H31N5O3S/c1-3-14-10-17(29)5-7-18(14)15-4-6-19-20(11-15)26-27-22(19)23-24-12-21(25-23)16-8-9-28(13-16)32(2,30)31/h5,7-8,10,12,15,19-20,22,26-27,29H,3-4,6,9,11,13H2,1-2H3,(H,24,25). The predicted octanol–water partition coefficient (Wildman–Crippen LogP) is 2.44. The normalized spacial score (nSPS) is 28.6. The topological polar surface area (TPSA) is 110 Å². The number of sulfonamides is 1. The molecule has 2 fully saturated rings. The highest BCUT2D eigenvalue weighted by molar-refractivity contribution is 7.88. The Labute approximate surface area is 189 Å². The van der Waals surface area contributed by atoms with Crippen molar-refractivity contribution in [3.05, 3.63) is 53.1 Å². The lowest BCUT2D eigenvalue weighted by molar-refractivity contribution is 0.276. The molecule has 5 rings (SSSR count). The molecular formula is C23H31N5O3S. The van der Waals surface area contributed by atoms with Gasteiger partial charge in [0, 0.05) is 19.1 Å². The van der Waals surface area contributed by atoms with E-state index in [9.17, 15) is 13.5 Å². The quantitative estimate of drug-likeness (QED) is 0.549. The zero-order chi connectivity index (χ0) is 22.5. The first-order valence-electron chi connectivity index (χ1n) is 11.4. The molecule has 0 radical (unpaired) electrons. The number of imidazole rings is 1. The minimum atomic E-state index is -3.19. The van der Waals surface area contributed by atoms with Gasteiger partial charge in [0.1, 0.15) is 11.6 Å². The first kappa shape index (κ1) is 21.6. The van der Waals surface area contributed by atoms with E-state index in [0.717, 1.165) is 42.8 Å². The molecule has 2 aliphatic heterocycles. The lowest BCUT2D eigenvalue weighted by Crippen LogP contribution is -2.35. The van der Waals surface area contributed by atoms with Gasteiger partial charge in [-0.05, 0) is 66.4 Å². The summed E-state index contributed by atoms with van der Waals surface area (Å²) in [6.45, 7) is 2.94. The third-order valence-electron chi connectivity index (χ3n) is 7.30. The Balaban J connectivity index is 1.27. The van der Waals surface area contributed by atoms with Gasteiger partial charge >= 0.3 is 0 Å². The monoisotopic (exact) mass is 457 g/mol. The van der Waals surface area contributed by atoms with Crippen LogP contribution in [0.3, 0.4) is 0 Å². The van der Waals surface area contributed by atoms with Gasteiger partial charge in [-0.3, -0.25) is 5.43 Å². The summed E-state index contributed by atoms with van der Waals surface area (Å²) in [5, 5.41) is 9.84. The summed E-state index contributed by atoms with van der Waals surface area (Å²) in [7, 11) is -3.19. The molecule has 8 nitrogen and oxygen atoms in total. The number of hydrogen-bond acceptors (Lipinski definition) is 6. The molecule has 9 heteroatoms. The fourth-order valence-corrected chi connectivity index (χ4v) is 6.27. The lowest BCUT2D eigenvalue weighted by atomic mass is 9.73. The molecule has 1 aliphatic carbocycles. The van der Waals surface area contributed by atoms with Crippen LogP contribution in [0.2, 0.25) is 0 Å². The number of phenolic OH excluding ortho intramolecular Hbond substituents is 1. The van der Waals surface area contributed by atoms with Crippen LogP contribution in [0.1, 0.15) is 60.8 Å². The maximum atomic E-state index is 11.8. The van der Waals surface area contributed by atoms with Crippen LogP contribution in [0.15, 0.2) is 30.5 Å². The first-order chi connectivity index (χ1) is 15.3. The van der Waals surface area contributed by atoms with Gasteiger partial charge in [-0.2, -0.15) is 4.31 Å². The van der Waals surface area contributed by atoms with Gasteiger partial charge in [-0.25, -0.2) is 18.8 Å². The van der Waals surface area contributed by atoms with Gasteiger partial charge in [-0.1, -0.05) is 19.1 Å². The number of aromatic nitrogens is 2. The Hall–Kier alpha value is -2.20. The van der Waals surface area contributed by atoms with E-state index in [4.69, 9.17) is 0 Å². The van der Waals surface area contributed by atoms with Gasteiger partial charge < -0.3 is 10.1 Å². The summed E-state index contributed by atoms with van der Waals surface area (Å²) < 4.78 is 25.1. The average Bonchev–Trinajstić information content (AvgIpc) is 3.50. The van der Waals surface area contributed by atoms with E-state index in [2.05, 4.69) is 33.8 Å². The van der Waals surface area contributed by atoms with E-state index < -0.39 is 10.0 Å². The zero-order valence-electron chi connectivity index (χ0n) is 18.5. The molecule has 1 saturated heterocycles. The van der Waals surface area contributed by atoms with Crippen molar-refractivity contribution >= 4 is 15.6 Å². The Morgan fingerprint density at radius 3 is 2.84 bits per heavy atom. The predicted molar refractivity (Wildman–Crippen MR) is 123 cm³/mol. The van der Waals surface area contributed by atoms with E-state index in [1.54, 1.807) is 6.07 Å². The molecule has 4 atom stereocenters. The molecule has 32 heavy (non-hydrogen) atoms. The molecule has 1 aromatic heterocycles. The highest BCUT2D eigenvalue weighted by Crippen LogP contribution is 2.44. The molecule has 0 bridgehead atoms. The van der Waals surface area contributed by atoms with Gasteiger partial charge in [0.05, 0.1) is 24.2 Å². The summed E-state index contributed by atoms with van der Waals surface area (Å²) in [5.74, 6) is 2.16. The van der Waals surface area contributed by atoms with Crippen LogP contribution < -0.4 is 10.9 Å². The van der Waals surface area contributed by atoms with Crippen LogP contribution in [0.4, 0.5) is 0 Å². The molecule has 3 aliphatic rings. The van der Waals surface area contributed by atoms with Crippen molar-refractivity contribution in [2.24, 2.45) is 5.92 Å². The fraction of sp³-hybridized carbons (Fsp3) is 0.522. The molecule has 172 valence electrons. The largest absolute Gasteiger partial charge is 0.508 e. The van der Waals surface area contributed by atoms with Crippen LogP contribution in [-0.2, 0) is 16.4 Å². The number of fused-ring (bicyclic) bond motifs is 1. The summed E-state index contributed by atoms with van der Waals surface area (Å²) in [5.41, 5.74) is 11.4. The molecule has 3 heterocycles. The molecule has 4 N–H and O–H groups in total. The Morgan fingerprint density at radius 2 is 2.09 bits per heavy atom. The second-order valence-corrected chi connectivity index (χ2v) is 11.2. The third kappa shape index (κ3) is 3.98. The van der Waals surface area contributed by atoms with Gasteiger partial charge in [0.25, 0.3) is 0 Å². The Bertz CT molecular complexity index is 1140. The van der Waals surface area contributed by atoms with Crippen LogP contribution in [0.25, 0.3) is 5.57 Å². The number of nitrogens with zero attached hydrogens (tertiary/aromatic N) is 2. The molecule has 0 spiro atoms. The molecule has 1 saturated carbocycles. The number of phenols is 1. The molecule has 4 unspecified atom stereocenters. The van der Waals surface area contributed by atoms with Crippen molar-refractivity contribution in [1.82, 2.24) is 25.1 Å². The van der Waals surface area contributed by atoms with Crippen LogP contribution in [-0.4, -0.2) is 53.2 Å². The molecule has 2 aromatic rings. The number of benzene rings is 1. The number of nitrogens with one attached hydrogen (secondary N) is 3. The number of aryl methyl sites for hydroxylation is 1. The highest BCUT2D eigenvalue weighted by atomic mass is 32.2. The zero-order valence-corrected chi connectivity index (χ0v) is 19.3. The molecular weight excluding hydrogens is 426 g/mol. The van der Waals surface area contributed by atoms with E-state index >= 15 is 0 Å². The number of hydrogen-bond donors (Lipinski definition) is 4. The van der Waals surface area contributed by atoms with E-state index in [1.165, 1.54) is 21.7 Å². The third-order valence-corrected chi connectivity index (χ3v) is 8.51. The summed E-state index contributed by atoms with van der Waals surface area (Å²) in [4.78, 5) is 8.08. The smallest absolute Gasteiger partial charge is 0.211 e. The summed E-state index contributed by atoms with van der Waals surface area (Å²) in [6.07, 6.45) is 9.19. The van der Waals surface area contributed by atoms with Gasteiger partial charge in [0.15, 0.2) is 0 Å². The second kappa shape index (κ2) is 8.30. The van der Waals surface area contributed by atoms with Crippen molar-refractivity contribution in [3.8, 4) is 5.75 Å². The van der Waals surface area contributed by atoms with Gasteiger partial charge in [-0.15, -0.1) is 0 Å². The number of aromatic amines is 1. The van der Waals surface area contributed by atoms with Crippen molar-refractivity contribution in [1.29, 1.82) is 0 Å². The highest BCUT2D eigenvalue weighted by Gasteiger charge is 2.42. The number of hydrazine groups is 1. The lowest BCUT2D eigenvalue weighted by Gasteiger charge is -2.33.